The number of nitrogens with one attached hydrogen (secondary N) is 1. The minimum Gasteiger partial charge on any atom is -0.302 e. The Hall–Kier alpha value is -0.590. The summed E-state index contributed by atoms with van der Waals surface area (Å²) in [5.41, 5.74) is 0. The number of rotatable bonds is 0. The summed E-state index contributed by atoms with van der Waals surface area (Å²) in [4.78, 5) is 1.99. The highest BCUT2D eigenvalue weighted by Crippen LogP contribution is 1.96. The van der Waals surface area contributed by atoms with Crippen LogP contribution in [0.3, 0.4) is 0 Å². The Bertz CT molecular complexity index is 115. The normalized spacial score (nSPS) is 30.2. The van der Waals surface area contributed by atoms with Crippen molar-refractivity contribution in [3.05, 3.63) is 0 Å². The molecule has 1 aliphatic heterocycles. The largest absolute Gasteiger partial charge is 0.302 e. The molecule has 1 atom stereocenters. The molecule has 1 fully saturated rings. The van der Waals surface area contributed by atoms with Gasteiger partial charge in [0.25, 0.3) is 0 Å². The molecule has 0 aromatic heterocycles. The molecule has 1 N–H and O–H groups in total. The van der Waals surface area contributed by atoms with E-state index in [-0.39, 0.29) is 6.04 Å². The molecule has 0 radical (unpaired) electrons. The van der Waals surface area contributed by atoms with Crippen LogP contribution in [0, 0.1) is 11.3 Å². The van der Waals surface area contributed by atoms with Crippen molar-refractivity contribution >= 4 is 0 Å². The van der Waals surface area contributed by atoms with Gasteiger partial charge in [-0.3, -0.25) is 4.90 Å². The summed E-state index contributed by atoms with van der Waals surface area (Å²) in [5, 5.41) is 11.5. The lowest BCUT2D eigenvalue weighted by Crippen LogP contribution is -2.24. The van der Waals surface area contributed by atoms with Crippen LogP contribution in [0.4, 0.5) is 0 Å². The zero-order chi connectivity index (χ0) is 5.98. The lowest BCUT2D eigenvalue weighted by Gasteiger charge is -2.07. The number of hydrogen-bond donors (Lipinski definition) is 1. The van der Waals surface area contributed by atoms with Gasteiger partial charge in [0.1, 0.15) is 6.04 Å². The van der Waals surface area contributed by atoms with Crippen LogP contribution in [0.1, 0.15) is 0 Å². The molecule has 0 amide bonds. The van der Waals surface area contributed by atoms with E-state index in [1.54, 1.807) is 0 Å². The molecule has 1 aliphatic rings. The van der Waals surface area contributed by atoms with Gasteiger partial charge in [-0.05, 0) is 7.05 Å². The van der Waals surface area contributed by atoms with Crippen LogP contribution < -0.4 is 5.32 Å². The molecule has 44 valence electrons. The lowest BCUT2D eigenvalue weighted by atomic mass is 10.3. The number of nitriles is 1. The van der Waals surface area contributed by atoms with E-state index < -0.39 is 0 Å². The van der Waals surface area contributed by atoms with Crippen molar-refractivity contribution in [1.82, 2.24) is 10.2 Å². The van der Waals surface area contributed by atoms with Crippen LogP contribution in [-0.2, 0) is 0 Å². The van der Waals surface area contributed by atoms with E-state index in [2.05, 4.69) is 11.4 Å². The van der Waals surface area contributed by atoms with Gasteiger partial charge in [0, 0.05) is 13.2 Å². The fourth-order valence-corrected chi connectivity index (χ4v) is 0.788. The predicted octanol–water partition coefficient (Wildman–Crippen LogP) is -0.629. The van der Waals surface area contributed by atoms with Crippen molar-refractivity contribution < 1.29 is 0 Å². The Labute approximate surface area is 48.9 Å². The Morgan fingerprint density at radius 2 is 2.62 bits per heavy atom. The summed E-state index contributed by atoms with van der Waals surface area (Å²) < 4.78 is 0. The molecule has 0 bridgehead atoms. The molecular formula is C5H9N3. The maximum atomic E-state index is 8.40. The minimum absolute atomic E-state index is 0.0926. The first-order valence-corrected chi connectivity index (χ1v) is 2.65. The third kappa shape index (κ3) is 0.808. The highest BCUT2D eigenvalue weighted by molar-refractivity contribution is 4.95. The first-order valence-electron chi connectivity index (χ1n) is 2.65. The van der Waals surface area contributed by atoms with Crippen LogP contribution in [0.2, 0.25) is 0 Å². The quantitative estimate of drug-likeness (QED) is 0.452. The Kier molecular flexibility index (Phi) is 1.47. The van der Waals surface area contributed by atoms with Crippen molar-refractivity contribution in [2.75, 3.05) is 20.3 Å². The molecular weight excluding hydrogens is 102 g/mol. The molecule has 1 saturated heterocycles. The molecule has 0 aromatic carbocycles. The van der Waals surface area contributed by atoms with Crippen LogP contribution in [0.25, 0.3) is 0 Å². The average Bonchev–Trinajstić information content (AvgIpc) is 2.14. The Morgan fingerprint density at radius 1 is 1.88 bits per heavy atom. The van der Waals surface area contributed by atoms with Crippen molar-refractivity contribution in [1.29, 1.82) is 5.26 Å². The maximum Gasteiger partial charge on any atom is 0.111 e. The zero-order valence-corrected chi connectivity index (χ0v) is 4.89. The van der Waals surface area contributed by atoms with Crippen LogP contribution >= 0.6 is 0 Å². The molecule has 0 aromatic rings. The summed E-state index contributed by atoms with van der Waals surface area (Å²) in [6.07, 6.45) is 0. The van der Waals surface area contributed by atoms with E-state index >= 15 is 0 Å². The van der Waals surface area contributed by atoms with Crippen LogP contribution in [0.5, 0.6) is 0 Å². The van der Waals surface area contributed by atoms with E-state index in [0.717, 1.165) is 13.2 Å². The third-order valence-corrected chi connectivity index (χ3v) is 1.38. The summed E-state index contributed by atoms with van der Waals surface area (Å²) in [6.45, 7) is 1.66. The van der Waals surface area contributed by atoms with Gasteiger partial charge in [0.2, 0.25) is 0 Å². The topological polar surface area (TPSA) is 39.1 Å². The van der Waals surface area contributed by atoms with E-state index in [1.807, 2.05) is 11.9 Å². The molecule has 1 unspecified atom stereocenters. The highest BCUT2D eigenvalue weighted by atomic mass is 15.3. The first-order chi connectivity index (χ1) is 3.84. The Balaban J connectivity index is 2.45. The summed E-state index contributed by atoms with van der Waals surface area (Å²) >= 11 is 0. The van der Waals surface area contributed by atoms with Crippen molar-refractivity contribution in [3.8, 4) is 6.07 Å². The SMILES string of the molecule is CN1CNCC1C#N. The van der Waals surface area contributed by atoms with Gasteiger partial charge in [-0.1, -0.05) is 0 Å². The summed E-state index contributed by atoms with van der Waals surface area (Å²) in [7, 11) is 1.94. The predicted molar refractivity (Wildman–Crippen MR) is 30.0 cm³/mol. The standard InChI is InChI=1S/C5H9N3/c1-8-4-7-3-5(8)2-6/h5,7H,3-4H2,1H3. The number of nitrogens with zero attached hydrogens (tertiary/aromatic N) is 2. The molecule has 1 rings (SSSR count). The van der Waals surface area contributed by atoms with Gasteiger partial charge in [-0.25, -0.2) is 0 Å². The van der Waals surface area contributed by atoms with Crippen molar-refractivity contribution in [2.45, 2.75) is 6.04 Å². The monoisotopic (exact) mass is 111 g/mol. The molecule has 0 saturated carbocycles. The second-order valence-corrected chi connectivity index (χ2v) is 2.01. The van der Waals surface area contributed by atoms with Gasteiger partial charge in [-0.15, -0.1) is 0 Å². The maximum absolute atomic E-state index is 8.40. The lowest BCUT2D eigenvalue weighted by molar-refractivity contribution is 0.364. The smallest absolute Gasteiger partial charge is 0.111 e. The average molecular weight is 111 g/mol. The van der Waals surface area contributed by atoms with E-state index in [4.69, 9.17) is 5.26 Å². The molecule has 0 spiro atoms. The second-order valence-electron chi connectivity index (χ2n) is 2.01. The van der Waals surface area contributed by atoms with Crippen LogP contribution in [-0.4, -0.2) is 31.2 Å². The second kappa shape index (κ2) is 2.12. The van der Waals surface area contributed by atoms with E-state index in [9.17, 15) is 0 Å². The third-order valence-electron chi connectivity index (χ3n) is 1.38. The molecule has 0 aliphatic carbocycles. The fraction of sp³-hybridized carbons (Fsp3) is 0.800. The minimum atomic E-state index is 0.0926. The number of hydrogen-bond acceptors (Lipinski definition) is 3. The van der Waals surface area contributed by atoms with Crippen molar-refractivity contribution in [2.24, 2.45) is 0 Å². The number of likely N-dealkylation sites (N-methyl/N-ethyl adjacent to an activating group) is 1. The fourth-order valence-electron chi connectivity index (χ4n) is 0.788. The van der Waals surface area contributed by atoms with Gasteiger partial charge < -0.3 is 5.32 Å². The first kappa shape index (κ1) is 5.54. The van der Waals surface area contributed by atoms with Gasteiger partial charge >= 0.3 is 0 Å². The summed E-state index contributed by atoms with van der Waals surface area (Å²) in [5.74, 6) is 0. The van der Waals surface area contributed by atoms with Crippen LogP contribution in [0.15, 0.2) is 0 Å². The zero-order valence-electron chi connectivity index (χ0n) is 4.89. The molecule has 1 heterocycles. The van der Waals surface area contributed by atoms with Gasteiger partial charge in [0.15, 0.2) is 0 Å². The summed E-state index contributed by atoms with van der Waals surface area (Å²) in [6, 6.07) is 2.27. The van der Waals surface area contributed by atoms with Gasteiger partial charge in [0.05, 0.1) is 6.07 Å². The van der Waals surface area contributed by atoms with E-state index in [1.165, 1.54) is 0 Å². The highest BCUT2D eigenvalue weighted by Gasteiger charge is 2.18. The van der Waals surface area contributed by atoms with Crippen molar-refractivity contribution in [3.63, 3.8) is 0 Å². The Morgan fingerprint density at radius 3 is 2.88 bits per heavy atom. The molecule has 3 heteroatoms. The molecule has 3 nitrogen and oxygen atoms in total. The molecule has 8 heavy (non-hydrogen) atoms. The van der Waals surface area contributed by atoms with E-state index in [0.29, 0.717) is 0 Å². The van der Waals surface area contributed by atoms with Gasteiger partial charge in [-0.2, -0.15) is 5.26 Å².